The minimum Gasteiger partial charge on any atom is -0.479 e. The predicted octanol–water partition coefficient (Wildman–Crippen LogP) is 4.72. The van der Waals surface area contributed by atoms with Gasteiger partial charge in [0.15, 0.2) is 5.76 Å². The lowest BCUT2D eigenvalue weighted by Crippen LogP contribution is -2.38. The van der Waals surface area contributed by atoms with Crippen LogP contribution in [0, 0.1) is 5.92 Å². The van der Waals surface area contributed by atoms with Crippen molar-refractivity contribution < 1.29 is 19.2 Å². The molecule has 4 aromatic rings. The van der Waals surface area contributed by atoms with Crippen LogP contribution >= 0.6 is 0 Å². The third kappa shape index (κ3) is 4.26. The number of benzene rings is 2. The molecule has 1 saturated heterocycles. The summed E-state index contributed by atoms with van der Waals surface area (Å²) < 4.78 is 12.7. The van der Waals surface area contributed by atoms with E-state index in [0.29, 0.717) is 18.1 Å². The molecule has 0 aliphatic carbocycles. The van der Waals surface area contributed by atoms with Crippen molar-refractivity contribution in [2.75, 3.05) is 13.7 Å². The molecule has 36 heavy (non-hydrogen) atoms. The molecule has 8 nitrogen and oxygen atoms in total. The Labute approximate surface area is 210 Å². The summed E-state index contributed by atoms with van der Waals surface area (Å²) in [5, 5.41) is 16.9. The summed E-state index contributed by atoms with van der Waals surface area (Å²) >= 11 is 0. The number of ether oxygens (including phenoxy) is 1. The maximum absolute atomic E-state index is 13.9. The fourth-order valence-electron chi connectivity index (χ4n) is 5.41. The van der Waals surface area contributed by atoms with Crippen molar-refractivity contribution in [3.05, 3.63) is 78.1 Å². The molecule has 8 heteroatoms. The number of amides is 1. The maximum atomic E-state index is 13.9. The molecule has 1 N–H and O–H groups in total. The number of hydrogen-bond donors (Lipinski definition) is 1. The second kappa shape index (κ2) is 9.78. The van der Waals surface area contributed by atoms with Crippen molar-refractivity contribution >= 4 is 16.7 Å². The van der Waals surface area contributed by atoms with Gasteiger partial charge in [0.25, 0.3) is 5.88 Å². The Morgan fingerprint density at radius 2 is 1.94 bits per heavy atom. The fraction of sp³-hybridized carbons (Fsp3) is 0.393. The maximum Gasteiger partial charge on any atom is 0.254 e. The zero-order valence-electron chi connectivity index (χ0n) is 21.0. The number of nitrogens with zero attached hydrogens (tertiary/aromatic N) is 4. The predicted molar refractivity (Wildman–Crippen MR) is 136 cm³/mol. The van der Waals surface area contributed by atoms with E-state index in [1.807, 2.05) is 32.2 Å². The number of imidazole rings is 1. The molecule has 0 radical (unpaired) electrons. The Kier molecular flexibility index (Phi) is 6.53. The second-order valence-electron chi connectivity index (χ2n) is 9.83. The van der Waals surface area contributed by atoms with Crippen molar-refractivity contribution in [1.82, 2.24) is 19.6 Å². The van der Waals surface area contributed by atoms with Gasteiger partial charge in [-0.3, -0.25) is 4.79 Å². The van der Waals surface area contributed by atoms with Crippen LogP contribution in [0.15, 0.2) is 65.4 Å². The van der Waals surface area contributed by atoms with E-state index in [9.17, 15) is 9.90 Å². The minimum atomic E-state index is -0.631. The Morgan fingerprint density at radius 1 is 1.17 bits per heavy atom. The fourth-order valence-corrected chi connectivity index (χ4v) is 5.41. The highest BCUT2D eigenvalue weighted by Gasteiger charge is 2.42. The van der Waals surface area contributed by atoms with E-state index in [1.165, 1.54) is 23.4 Å². The van der Waals surface area contributed by atoms with Crippen molar-refractivity contribution in [3.8, 4) is 5.88 Å². The number of aliphatic hydroxyl groups is 1. The number of methoxy groups -OCH3 is 1. The molecule has 3 heterocycles. The van der Waals surface area contributed by atoms with Crippen LogP contribution in [-0.4, -0.2) is 50.4 Å². The molecule has 1 fully saturated rings. The molecule has 1 unspecified atom stereocenters. The molecule has 1 aliphatic rings. The van der Waals surface area contributed by atoms with Gasteiger partial charge in [-0.15, -0.1) is 0 Å². The number of fused-ring (bicyclic) bond motifs is 1. The van der Waals surface area contributed by atoms with E-state index in [2.05, 4.69) is 52.0 Å². The van der Waals surface area contributed by atoms with Gasteiger partial charge in [0.2, 0.25) is 5.91 Å². The van der Waals surface area contributed by atoms with Crippen molar-refractivity contribution in [3.63, 3.8) is 0 Å². The lowest BCUT2D eigenvalue weighted by molar-refractivity contribution is -0.135. The largest absolute Gasteiger partial charge is 0.479 e. The smallest absolute Gasteiger partial charge is 0.254 e. The Hall–Kier alpha value is -3.65. The lowest BCUT2D eigenvalue weighted by atomic mass is 9.91. The zero-order valence-corrected chi connectivity index (χ0v) is 21.0. The van der Waals surface area contributed by atoms with Gasteiger partial charge in [0.1, 0.15) is 11.7 Å². The molecule has 4 atom stereocenters. The summed E-state index contributed by atoms with van der Waals surface area (Å²) in [6, 6.07) is 15.9. The zero-order chi connectivity index (χ0) is 25.4. The van der Waals surface area contributed by atoms with E-state index in [0.717, 1.165) is 5.82 Å². The van der Waals surface area contributed by atoms with Gasteiger partial charge in [-0.25, -0.2) is 4.98 Å². The number of carbonyl (C=O) groups excluding carboxylic acids is 1. The molecule has 0 bridgehead atoms. The van der Waals surface area contributed by atoms with Gasteiger partial charge in [-0.2, -0.15) is 0 Å². The van der Waals surface area contributed by atoms with E-state index in [1.54, 1.807) is 17.2 Å². The molecule has 1 aliphatic heterocycles. The Bertz CT molecular complexity index is 1360. The molecule has 0 spiro atoms. The van der Waals surface area contributed by atoms with Crippen molar-refractivity contribution in [2.24, 2.45) is 5.92 Å². The first-order chi connectivity index (χ1) is 17.4. The van der Waals surface area contributed by atoms with E-state index in [-0.39, 0.29) is 30.5 Å². The monoisotopic (exact) mass is 488 g/mol. The second-order valence-corrected chi connectivity index (χ2v) is 9.83. The van der Waals surface area contributed by atoms with Crippen LogP contribution in [0.25, 0.3) is 10.8 Å². The van der Waals surface area contributed by atoms with Crippen LogP contribution in [0.1, 0.15) is 62.3 Å². The van der Waals surface area contributed by atoms with Gasteiger partial charge in [-0.1, -0.05) is 56.3 Å². The van der Waals surface area contributed by atoms with Gasteiger partial charge in [0.05, 0.1) is 25.3 Å². The van der Waals surface area contributed by atoms with Crippen LogP contribution in [0.4, 0.5) is 0 Å². The van der Waals surface area contributed by atoms with Crippen molar-refractivity contribution in [2.45, 2.75) is 51.3 Å². The normalized spacial score (nSPS) is 19.7. The van der Waals surface area contributed by atoms with Gasteiger partial charge in [0, 0.05) is 31.4 Å². The summed E-state index contributed by atoms with van der Waals surface area (Å²) in [7, 11) is 1.51. The SMILES string of the molecule is COc1cc(C(C(=O)N2C[C@H](O)C[C@H]2c2nccn2[C@H](C)c2cccc3ccccc23)C(C)C)on1. The van der Waals surface area contributed by atoms with E-state index >= 15 is 0 Å². The third-order valence-electron chi connectivity index (χ3n) is 7.20. The first-order valence-corrected chi connectivity index (χ1v) is 12.4. The van der Waals surface area contributed by atoms with Crippen LogP contribution in [0.5, 0.6) is 5.88 Å². The minimum absolute atomic E-state index is 0.0114. The standard InChI is InChI=1S/C28H32N4O4/c1-17(2)26(24-15-25(35-4)30-36-24)28(34)32-16-20(33)14-23(32)27-29-12-13-31(27)18(3)21-11-7-9-19-8-5-6-10-22(19)21/h5-13,15,17-18,20,23,26,33H,14,16H2,1-4H3/t18-,20-,23+,26?/m1/s1. The highest BCUT2D eigenvalue weighted by Crippen LogP contribution is 2.39. The molecule has 188 valence electrons. The van der Waals surface area contributed by atoms with Crippen LogP contribution in [0.3, 0.4) is 0 Å². The van der Waals surface area contributed by atoms with Crippen molar-refractivity contribution in [1.29, 1.82) is 0 Å². The highest BCUT2D eigenvalue weighted by molar-refractivity contribution is 5.86. The number of rotatable bonds is 7. The average molecular weight is 489 g/mol. The molecule has 1 amide bonds. The van der Waals surface area contributed by atoms with Gasteiger partial charge in [-0.05, 0) is 34.3 Å². The third-order valence-corrected chi connectivity index (χ3v) is 7.20. The lowest BCUT2D eigenvalue weighted by Gasteiger charge is -2.30. The van der Waals surface area contributed by atoms with Crippen LogP contribution < -0.4 is 4.74 Å². The Balaban J connectivity index is 1.49. The first kappa shape index (κ1) is 24.1. The molecular formula is C28H32N4O4. The summed E-state index contributed by atoms with van der Waals surface area (Å²) in [6.45, 7) is 6.33. The summed E-state index contributed by atoms with van der Waals surface area (Å²) in [6.07, 6.45) is 3.52. The van der Waals surface area contributed by atoms with Crippen LogP contribution in [0.2, 0.25) is 0 Å². The summed E-state index contributed by atoms with van der Waals surface area (Å²) in [4.78, 5) is 20.3. The molecule has 2 aromatic heterocycles. The van der Waals surface area contributed by atoms with E-state index in [4.69, 9.17) is 9.26 Å². The number of hydrogen-bond acceptors (Lipinski definition) is 6. The summed E-state index contributed by atoms with van der Waals surface area (Å²) in [5.74, 6) is 0.854. The average Bonchev–Trinajstić information content (AvgIpc) is 3.62. The van der Waals surface area contributed by atoms with E-state index < -0.39 is 12.0 Å². The Morgan fingerprint density at radius 3 is 2.69 bits per heavy atom. The van der Waals surface area contributed by atoms with Gasteiger partial charge < -0.3 is 23.8 Å². The molecule has 5 rings (SSSR count). The quantitative estimate of drug-likeness (QED) is 0.405. The first-order valence-electron chi connectivity index (χ1n) is 12.4. The number of likely N-dealkylation sites (tertiary alicyclic amines) is 1. The topological polar surface area (TPSA) is 93.6 Å². The molecular weight excluding hydrogens is 456 g/mol. The molecule has 0 saturated carbocycles. The number of aromatic nitrogens is 3. The van der Waals surface area contributed by atoms with Gasteiger partial charge >= 0.3 is 0 Å². The summed E-state index contributed by atoms with van der Waals surface area (Å²) in [5.41, 5.74) is 1.18. The number of carbonyl (C=O) groups is 1. The number of aliphatic hydroxyl groups excluding tert-OH is 1. The van der Waals surface area contributed by atoms with Crippen LogP contribution in [-0.2, 0) is 4.79 Å². The highest BCUT2D eigenvalue weighted by atomic mass is 16.5. The number of β-amino-alcohol motifs (C(OH)–C–C–N with tert-alkyl or cyclic N) is 1. The molecule has 2 aromatic carbocycles.